The van der Waals surface area contributed by atoms with Crippen LogP contribution in [0.1, 0.15) is 43.7 Å². The molecule has 2 aliphatic heterocycles. The fourth-order valence-corrected chi connectivity index (χ4v) is 5.27. The molecular weight excluding hydrogens is 386 g/mol. The van der Waals surface area contributed by atoms with Crippen LogP contribution in [0.2, 0.25) is 5.02 Å². The van der Waals surface area contributed by atoms with Gasteiger partial charge in [0.2, 0.25) is 11.8 Å². The molecule has 2 fully saturated rings. The number of carbonyl (C=O) groups excluding carboxylic acids is 2. The third-order valence-electron chi connectivity index (χ3n) is 5.33. The number of aliphatic hydroxyl groups excluding tert-OH is 1. The largest absolute Gasteiger partial charge is 0.491 e. The molecule has 2 amide bonds. The van der Waals surface area contributed by atoms with Gasteiger partial charge in [-0.3, -0.25) is 14.5 Å². The second kappa shape index (κ2) is 8.02. The number of hydrogen-bond donors (Lipinski definition) is 1. The Morgan fingerprint density at radius 1 is 1.37 bits per heavy atom. The first-order chi connectivity index (χ1) is 12.7. The Morgan fingerprint density at radius 2 is 2.11 bits per heavy atom. The van der Waals surface area contributed by atoms with Gasteiger partial charge in [-0.15, -0.1) is 0 Å². The Bertz CT molecular complexity index is 746. The molecule has 0 unspecified atom stereocenters. The standard InChI is InChI=1S/C20H26ClNO4S/c1-12(2)15-7-16(21)13(3)6-17(15)26-10-14(23)9-22-18(24)8-20(19(22)25)4-5-27-11-20/h6-7,12,14,23H,4-5,8-11H2,1-3H3/t14-,20-/m1/s1. The van der Waals surface area contributed by atoms with E-state index in [4.69, 9.17) is 16.3 Å². The van der Waals surface area contributed by atoms with Gasteiger partial charge in [0.15, 0.2) is 0 Å². The fourth-order valence-electron chi connectivity index (χ4n) is 3.66. The summed E-state index contributed by atoms with van der Waals surface area (Å²) in [5.74, 6) is 2.17. The number of amides is 2. The van der Waals surface area contributed by atoms with E-state index >= 15 is 0 Å². The molecule has 148 valence electrons. The van der Waals surface area contributed by atoms with Gasteiger partial charge in [-0.2, -0.15) is 11.8 Å². The minimum absolute atomic E-state index is 0.0135. The Balaban J connectivity index is 1.64. The number of hydrogen-bond acceptors (Lipinski definition) is 5. The van der Waals surface area contributed by atoms with E-state index < -0.39 is 11.5 Å². The highest BCUT2D eigenvalue weighted by molar-refractivity contribution is 7.99. The smallest absolute Gasteiger partial charge is 0.236 e. The summed E-state index contributed by atoms with van der Waals surface area (Å²) >= 11 is 7.92. The number of nitrogens with zero attached hydrogens (tertiary/aromatic N) is 1. The number of ether oxygens (including phenoxy) is 1. The molecule has 2 aliphatic rings. The number of likely N-dealkylation sites (tertiary alicyclic amines) is 1. The van der Waals surface area contributed by atoms with Crippen molar-refractivity contribution < 1.29 is 19.4 Å². The Labute approximate surface area is 169 Å². The average Bonchev–Trinajstić information content (AvgIpc) is 3.16. The van der Waals surface area contributed by atoms with Gasteiger partial charge >= 0.3 is 0 Å². The van der Waals surface area contributed by atoms with Crippen molar-refractivity contribution in [1.82, 2.24) is 4.90 Å². The number of halogens is 1. The molecule has 1 spiro atoms. The van der Waals surface area contributed by atoms with Gasteiger partial charge in [0.1, 0.15) is 18.5 Å². The van der Waals surface area contributed by atoms with Crippen molar-refractivity contribution in [3.63, 3.8) is 0 Å². The number of β-amino-alcohol motifs (C(OH)–C–C–N with tert-alkyl or cyclic N) is 1. The first-order valence-corrected chi connectivity index (χ1v) is 10.8. The van der Waals surface area contributed by atoms with Crippen molar-refractivity contribution >= 4 is 35.2 Å². The van der Waals surface area contributed by atoms with E-state index in [2.05, 4.69) is 0 Å². The summed E-state index contributed by atoms with van der Waals surface area (Å²) in [5, 5.41) is 11.1. The first kappa shape index (κ1) is 20.5. The van der Waals surface area contributed by atoms with Crippen molar-refractivity contribution in [1.29, 1.82) is 0 Å². The maximum absolute atomic E-state index is 12.7. The van der Waals surface area contributed by atoms with Crippen LogP contribution >= 0.6 is 23.4 Å². The Kier molecular flexibility index (Phi) is 6.08. The van der Waals surface area contributed by atoms with Crippen LogP contribution in [0.3, 0.4) is 0 Å². The van der Waals surface area contributed by atoms with Crippen LogP contribution in [-0.2, 0) is 9.59 Å². The third-order valence-corrected chi connectivity index (χ3v) is 6.99. The number of thioether (sulfide) groups is 1. The molecule has 2 atom stereocenters. The van der Waals surface area contributed by atoms with E-state index in [9.17, 15) is 14.7 Å². The molecule has 27 heavy (non-hydrogen) atoms. The van der Waals surface area contributed by atoms with Gasteiger partial charge in [-0.05, 0) is 48.3 Å². The van der Waals surface area contributed by atoms with Gasteiger partial charge < -0.3 is 9.84 Å². The maximum atomic E-state index is 12.7. The molecule has 7 heteroatoms. The zero-order valence-corrected chi connectivity index (χ0v) is 17.5. The molecule has 2 heterocycles. The minimum atomic E-state index is -0.932. The summed E-state index contributed by atoms with van der Waals surface area (Å²) in [4.78, 5) is 26.2. The summed E-state index contributed by atoms with van der Waals surface area (Å²) in [5.41, 5.74) is 1.32. The molecule has 1 aromatic carbocycles. The van der Waals surface area contributed by atoms with Crippen LogP contribution < -0.4 is 4.74 Å². The van der Waals surface area contributed by atoms with Crippen LogP contribution in [0.4, 0.5) is 0 Å². The lowest BCUT2D eigenvalue weighted by molar-refractivity contribution is -0.142. The fraction of sp³-hybridized carbons (Fsp3) is 0.600. The average molecular weight is 412 g/mol. The van der Waals surface area contributed by atoms with E-state index in [-0.39, 0.29) is 37.3 Å². The topological polar surface area (TPSA) is 66.8 Å². The highest BCUT2D eigenvalue weighted by Crippen LogP contribution is 2.44. The Morgan fingerprint density at radius 3 is 2.74 bits per heavy atom. The lowest BCUT2D eigenvalue weighted by Gasteiger charge is -2.23. The zero-order chi connectivity index (χ0) is 19.8. The van der Waals surface area contributed by atoms with Crippen molar-refractivity contribution in [2.45, 2.75) is 45.6 Å². The third kappa shape index (κ3) is 4.13. The Hall–Kier alpha value is -1.24. The quantitative estimate of drug-likeness (QED) is 0.727. The van der Waals surface area contributed by atoms with Crippen LogP contribution in [0.5, 0.6) is 5.75 Å². The van der Waals surface area contributed by atoms with E-state index in [0.29, 0.717) is 16.5 Å². The molecule has 1 N–H and O–H groups in total. The van der Waals surface area contributed by atoms with Crippen LogP contribution in [-0.4, -0.2) is 52.6 Å². The second-order valence-electron chi connectivity index (χ2n) is 7.83. The summed E-state index contributed by atoms with van der Waals surface area (Å²) in [7, 11) is 0. The predicted molar refractivity (Wildman–Crippen MR) is 107 cm³/mol. The monoisotopic (exact) mass is 411 g/mol. The summed E-state index contributed by atoms with van der Waals surface area (Å²) < 4.78 is 5.83. The van der Waals surface area contributed by atoms with Crippen LogP contribution in [0.15, 0.2) is 12.1 Å². The number of benzene rings is 1. The van der Waals surface area contributed by atoms with Gasteiger partial charge in [0, 0.05) is 17.2 Å². The molecule has 0 aromatic heterocycles. The molecule has 3 rings (SSSR count). The molecule has 5 nitrogen and oxygen atoms in total. The molecule has 0 aliphatic carbocycles. The van der Waals surface area contributed by atoms with Crippen molar-refractivity contribution in [2.24, 2.45) is 5.41 Å². The van der Waals surface area contributed by atoms with Crippen molar-refractivity contribution in [2.75, 3.05) is 24.7 Å². The first-order valence-electron chi connectivity index (χ1n) is 9.27. The predicted octanol–water partition coefficient (Wildman–Crippen LogP) is 3.39. The molecule has 2 saturated heterocycles. The van der Waals surface area contributed by atoms with E-state index in [0.717, 1.165) is 23.3 Å². The van der Waals surface area contributed by atoms with Crippen molar-refractivity contribution in [3.8, 4) is 5.75 Å². The van der Waals surface area contributed by atoms with Gasteiger partial charge in [0.25, 0.3) is 0 Å². The number of aliphatic hydroxyl groups is 1. The summed E-state index contributed by atoms with van der Waals surface area (Å²) in [6, 6.07) is 3.75. The lowest BCUT2D eigenvalue weighted by Crippen LogP contribution is -2.42. The maximum Gasteiger partial charge on any atom is 0.236 e. The second-order valence-corrected chi connectivity index (χ2v) is 9.34. The molecule has 0 radical (unpaired) electrons. The lowest BCUT2D eigenvalue weighted by atomic mass is 9.86. The zero-order valence-electron chi connectivity index (χ0n) is 16.0. The number of aryl methyl sites for hydroxylation is 1. The normalized spacial score (nSPS) is 23.7. The van der Waals surface area contributed by atoms with Crippen molar-refractivity contribution in [3.05, 3.63) is 28.3 Å². The minimum Gasteiger partial charge on any atom is -0.491 e. The molecule has 0 saturated carbocycles. The van der Waals surface area contributed by atoms with Crippen LogP contribution in [0.25, 0.3) is 0 Å². The van der Waals surface area contributed by atoms with Gasteiger partial charge in [-0.1, -0.05) is 25.4 Å². The van der Waals surface area contributed by atoms with Gasteiger partial charge in [0.05, 0.1) is 12.0 Å². The van der Waals surface area contributed by atoms with Crippen LogP contribution in [0, 0.1) is 12.3 Å². The van der Waals surface area contributed by atoms with Gasteiger partial charge in [-0.25, -0.2) is 0 Å². The number of imide groups is 1. The summed E-state index contributed by atoms with van der Waals surface area (Å²) in [6.45, 7) is 5.99. The highest BCUT2D eigenvalue weighted by atomic mass is 35.5. The van der Waals surface area contributed by atoms with E-state index in [1.165, 1.54) is 4.90 Å². The van der Waals surface area contributed by atoms with E-state index in [1.807, 2.05) is 32.9 Å². The SMILES string of the molecule is Cc1cc(OC[C@H](O)CN2C(=O)C[C@@]3(CCSC3)C2=O)c(C(C)C)cc1Cl. The number of carbonyl (C=O) groups is 2. The number of rotatable bonds is 6. The molecular formula is C20H26ClNO4S. The molecule has 1 aromatic rings. The molecule has 0 bridgehead atoms. The summed E-state index contributed by atoms with van der Waals surface area (Å²) in [6.07, 6.45) is 0.0751. The highest BCUT2D eigenvalue weighted by Gasteiger charge is 2.53. The van der Waals surface area contributed by atoms with E-state index in [1.54, 1.807) is 11.8 Å².